The van der Waals surface area contributed by atoms with Crippen molar-refractivity contribution >= 4 is 11.9 Å². The van der Waals surface area contributed by atoms with Crippen molar-refractivity contribution < 1.29 is 28.6 Å². The van der Waals surface area contributed by atoms with Crippen LogP contribution in [0.2, 0.25) is 0 Å². The van der Waals surface area contributed by atoms with E-state index in [1.165, 1.54) is 26.4 Å². The van der Waals surface area contributed by atoms with Crippen molar-refractivity contribution in [1.29, 1.82) is 0 Å². The molecule has 0 spiro atoms. The van der Waals surface area contributed by atoms with Gasteiger partial charge in [-0.1, -0.05) is 6.07 Å². The van der Waals surface area contributed by atoms with Crippen LogP contribution in [0.15, 0.2) is 42.5 Å². The van der Waals surface area contributed by atoms with Gasteiger partial charge in [0.25, 0.3) is 5.91 Å². The lowest BCUT2D eigenvalue weighted by Gasteiger charge is -2.21. The highest BCUT2D eigenvalue weighted by atomic mass is 19.1. The van der Waals surface area contributed by atoms with Gasteiger partial charge < -0.3 is 24.7 Å². The summed E-state index contributed by atoms with van der Waals surface area (Å²) in [5, 5.41) is 13.7. The summed E-state index contributed by atoms with van der Waals surface area (Å²) in [6.07, 6.45) is -0.428. The Bertz CT molecular complexity index is 761. The number of carboxylic acids is 1. The van der Waals surface area contributed by atoms with Gasteiger partial charge >= 0.3 is 0 Å². The van der Waals surface area contributed by atoms with E-state index in [-0.39, 0.29) is 5.56 Å². The number of carbonyl (C=O) groups excluding carboxylic acids is 2. The monoisotopic (exact) mass is 346 g/mol. The van der Waals surface area contributed by atoms with Crippen molar-refractivity contribution in [1.82, 2.24) is 5.32 Å². The van der Waals surface area contributed by atoms with Gasteiger partial charge in [-0.3, -0.25) is 4.79 Å². The highest BCUT2D eigenvalue weighted by Crippen LogP contribution is 2.31. The molecule has 1 atom stereocenters. The number of nitrogens with one attached hydrogen (secondary N) is 1. The number of carbonyl (C=O) groups is 2. The van der Waals surface area contributed by atoms with E-state index in [1.807, 2.05) is 0 Å². The fraction of sp³-hybridized carbons (Fsp3) is 0.222. The molecule has 0 heterocycles. The fourth-order valence-electron chi connectivity index (χ4n) is 2.33. The van der Waals surface area contributed by atoms with E-state index in [4.69, 9.17) is 9.47 Å². The molecule has 6 nitrogen and oxygen atoms in total. The van der Waals surface area contributed by atoms with Crippen LogP contribution in [0.1, 0.15) is 28.4 Å². The molecule has 2 rings (SSSR count). The van der Waals surface area contributed by atoms with Gasteiger partial charge in [-0.15, -0.1) is 0 Å². The first-order chi connectivity index (χ1) is 11.9. The molecule has 0 aliphatic carbocycles. The van der Waals surface area contributed by atoms with Crippen LogP contribution in [-0.2, 0) is 4.79 Å². The molecule has 132 valence electrons. The summed E-state index contributed by atoms with van der Waals surface area (Å²) in [5.41, 5.74) is 0.725. The molecular weight excluding hydrogens is 329 g/mol. The van der Waals surface area contributed by atoms with Crippen LogP contribution in [0.25, 0.3) is 0 Å². The van der Waals surface area contributed by atoms with Crippen LogP contribution < -0.4 is 19.9 Å². The minimum atomic E-state index is -1.32. The number of ether oxygens (including phenoxy) is 2. The zero-order valence-corrected chi connectivity index (χ0v) is 13.7. The number of carboxylic acid groups (broad SMARTS) is 1. The number of methoxy groups -OCH3 is 2. The highest BCUT2D eigenvalue weighted by molar-refractivity contribution is 5.94. The number of aliphatic carboxylic acids is 1. The predicted octanol–water partition coefficient (Wildman–Crippen LogP) is 1.45. The lowest BCUT2D eigenvalue weighted by molar-refractivity contribution is -0.306. The molecule has 1 N–H and O–H groups in total. The zero-order chi connectivity index (χ0) is 18.4. The lowest BCUT2D eigenvalue weighted by Crippen LogP contribution is -2.34. The highest BCUT2D eigenvalue weighted by Gasteiger charge is 2.18. The van der Waals surface area contributed by atoms with Gasteiger partial charge in [0, 0.05) is 18.0 Å². The molecule has 1 amide bonds. The zero-order valence-electron chi connectivity index (χ0n) is 13.7. The number of halogens is 1. The third-order valence-corrected chi connectivity index (χ3v) is 3.59. The maximum Gasteiger partial charge on any atom is 0.251 e. The molecule has 0 aromatic heterocycles. The Morgan fingerprint density at radius 3 is 2.28 bits per heavy atom. The molecule has 0 aliphatic rings. The Hall–Kier alpha value is -3.09. The van der Waals surface area contributed by atoms with Crippen molar-refractivity contribution in [3.05, 3.63) is 59.4 Å². The Balaban J connectivity index is 2.28. The third kappa shape index (κ3) is 4.69. The molecule has 2 aromatic rings. The molecule has 25 heavy (non-hydrogen) atoms. The van der Waals surface area contributed by atoms with Crippen molar-refractivity contribution in [2.24, 2.45) is 0 Å². The minimum absolute atomic E-state index is 0.213. The molecule has 7 heteroatoms. The molecule has 2 aromatic carbocycles. The van der Waals surface area contributed by atoms with Crippen molar-refractivity contribution in [2.45, 2.75) is 12.5 Å². The average molecular weight is 346 g/mol. The Kier molecular flexibility index (Phi) is 5.94. The fourth-order valence-corrected chi connectivity index (χ4v) is 2.33. The number of hydrogen-bond donors (Lipinski definition) is 1. The summed E-state index contributed by atoms with van der Waals surface area (Å²) in [5.74, 6) is -1.44. The van der Waals surface area contributed by atoms with Gasteiger partial charge in [0.15, 0.2) is 11.5 Å². The van der Waals surface area contributed by atoms with Crippen LogP contribution in [0, 0.1) is 5.82 Å². The second-order valence-electron chi connectivity index (χ2n) is 5.22. The first-order valence-electron chi connectivity index (χ1n) is 7.42. The average Bonchev–Trinajstić information content (AvgIpc) is 2.60. The Morgan fingerprint density at radius 1 is 1.08 bits per heavy atom. The Morgan fingerprint density at radius 2 is 1.72 bits per heavy atom. The summed E-state index contributed by atoms with van der Waals surface area (Å²) in [6, 6.07) is 8.91. The molecule has 0 radical (unpaired) electrons. The van der Waals surface area contributed by atoms with Crippen molar-refractivity contribution in [2.75, 3.05) is 14.2 Å². The van der Waals surface area contributed by atoms with Gasteiger partial charge in [0.05, 0.1) is 20.3 Å². The molecule has 0 aliphatic heterocycles. The Labute approximate surface area is 144 Å². The summed E-state index contributed by atoms with van der Waals surface area (Å²) in [4.78, 5) is 23.4. The van der Waals surface area contributed by atoms with E-state index in [0.717, 1.165) is 12.1 Å². The number of benzene rings is 2. The smallest absolute Gasteiger partial charge is 0.251 e. The van der Waals surface area contributed by atoms with Crippen LogP contribution in [0.5, 0.6) is 11.5 Å². The SMILES string of the molecule is COc1ccc([C@@H](CC(=O)[O-])NC(=O)c2ccc(F)cc2)cc1OC. The van der Waals surface area contributed by atoms with E-state index in [9.17, 15) is 19.1 Å². The van der Waals surface area contributed by atoms with Crippen LogP contribution in [0.4, 0.5) is 4.39 Å². The number of hydrogen-bond acceptors (Lipinski definition) is 5. The molecular formula is C18H17FNO5-. The largest absolute Gasteiger partial charge is 0.550 e. The topological polar surface area (TPSA) is 87.7 Å². The van der Waals surface area contributed by atoms with Gasteiger partial charge in [0.2, 0.25) is 0 Å². The number of amides is 1. The molecule has 0 fully saturated rings. The second-order valence-corrected chi connectivity index (χ2v) is 5.22. The molecule has 0 saturated heterocycles. The summed E-state index contributed by atoms with van der Waals surface area (Å²) < 4.78 is 23.3. The predicted molar refractivity (Wildman–Crippen MR) is 85.8 cm³/mol. The summed E-state index contributed by atoms with van der Waals surface area (Å²) >= 11 is 0. The van der Waals surface area contributed by atoms with E-state index in [0.29, 0.717) is 17.1 Å². The molecule has 0 saturated carbocycles. The molecule has 0 bridgehead atoms. The lowest BCUT2D eigenvalue weighted by atomic mass is 10.0. The maximum absolute atomic E-state index is 13.0. The van der Waals surface area contributed by atoms with E-state index in [2.05, 4.69) is 5.32 Å². The second kappa shape index (κ2) is 8.14. The van der Waals surface area contributed by atoms with Crippen molar-refractivity contribution in [3.8, 4) is 11.5 Å². The van der Waals surface area contributed by atoms with E-state index in [1.54, 1.807) is 18.2 Å². The van der Waals surface area contributed by atoms with Gasteiger partial charge in [-0.05, 0) is 42.0 Å². The normalized spacial score (nSPS) is 11.5. The third-order valence-electron chi connectivity index (χ3n) is 3.59. The number of rotatable bonds is 7. The van der Waals surface area contributed by atoms with Crippen LogP contribution in [-0.4, -0.2) is 26.1 Å². The first-order valence-corrected chi connectivity index (χ1v) is 7.42. The standard InChI is InChI=1S/C18H18FNO5/c1-24-15-8-5-12(9-16(15)25-2)14(10-17(21)22)20-18(23)11-3-6-13(19)7-4-11/h3-9,14H,10H2,1-2H3,(H,20,23)(H,21,22)/p-1/t14-/m1/s1. The first kappa shape index (κ1) is 18.3. The van der Waals surface area contributed by atoms with E-state index >= 15 is 0 Å². The van der Waals surface area contributed by atoms with Gasteiger partial charge in [-0.2, -0.15) is 0 Å². The summed E-state index contributed by atoms with van der Waals surface area (Å²) in [7, 11) is 2.93. The van der Waals surface area contributed by atoms with Crippen molar-refractivity contribution in [3.63, 3.8) is 0 Å². The molecule has 0 unspecified atom stereocenters. The summed E-state index contributed by atoms with van der Waals surface area (Å²) in [6.45, 7) is 0. The van der Waals surface area contributed by atoms with Crippen LogP contribution in [0.3, 0.4) is 0 Å². The van der Waals surface area contributed by atoms with Crippen LogP contribution >= 0.6 is 0 Å². The van der Waals surface area contributed by atoms with Gasteiger partial charge in [0.1, 0.15) is 5.82 Å². The quantitative estimate of drug-likeness (QED) is 0.820. The van der Waals surface area contributed by atoms with Gasteiger partial charge in [-0.25, -0.2) is 4.39 Å². The minimum Gasteiger partial charge on any atom is -0.550 e. The maximum atomic E-state index is 13.0. The van der Waals surface area contributed by atoms with E-state index < -0.39 is 30.2 Å².